The van der Waals surface area contributed by atoms with Gasteiger partial charge in [-0.2, -0.15) is 0 Å². The monoisotopic (exact) mass is 291 g/mol. The van der Waals surface area contributed by atoms with Crippen molar-refractivity contribution in [2.24, 2.45) is 17.6 Å². The van der Waals surface area contributed by atoms with E-state index in [-0.39, 0.29) is 11.3 Å². The molecule has 0 heterocycles. The second-order valence-electron chi connectivity index (χ2n) is 5.86. The molecule has 0 saturated heterocycles. The lowest BCUT2D eigenvalue weighted by molar-refractivity contribution is -0.384. The van der Waals surface area contributed by atoms with Gasteiger partial charge in [0.2, 0.25) is 5.91 Å². The molecule has 0 bridgehead atoms. The van der Waals surface area contributed by atoms with Crippen molar-refractivity contribution < 1.29 is 9.72 Å². The van der Waals surface area contributed by atoms with Crippen LogP contribution >= 0.6 is 0 Å². The molecule has 3 N–H and O–H groups in total. The maximum Gasteiger partial charge on any atom is 0.293 e. The van der Waals surface area contributed by atoms with Crippen molar-refractivity contribution in [3.05, 3.63) is 33.9 Å². The molecule has 6 heteroatoms. The van der Waals surface area contributed by atoms with Crippen molar-refractivity contribution in [2.75, 3.05) is 11.9 Å². The zero-order valence-corrected chi connectivity index (χ0v) is 12.2. The van der Waals surface area contributed by atoms with E-state index in [4.69, 9.17) is 5.73 Å². The summed E-state index contributed by atoms with van der Waals surface area (Å²) in [5.74, 6) is 0.674. The highest BCUT2D eigenvalue weighted by atomic mass is 16.6. The Morgan fingerprint density at radius 3 is 2.62 bits per heavy atom. The average molecular weight is 291 g/mol. The number of hydrogen-bond acceptors (Lipinski definition) is 4. The molecule has 1 fully saturated rings. The number of nitrogens with zero attached hydrogens (tertiary/aromatic N) is 1. The Morgan fingerprint density at radius 2 is 2.05 bits per heavy atom. The molecule has 0 aliphatic heterocycles. The summed E-state index contributed by atoms with van der Waals surface area (Å²) in [6.45, 7) is 2.99. The number of carbonyl (C=O) groups excluding carboxylic acids is 1. The van der Waals surface area contributed by atoms with Crippen LogP contribution in [0.15, 0.2) is 18.2 Å². The summed E-state index contributed by atoms with van der Waals surface area (Å²) in [7, 11) is 0. The van der Waals surface area contributed by atoms with Gasteiger partial charge >= 0.3 is 0 Å². The van der Waals surface area contributed by atoms with Gasteiger partial charge in [-0.1, -0.05) is 19.8 Å². The third kappa shape index (κ3) is 3.93. The van der Waals surface area contributed by atoms with Crippen molar-refractivity contribution in [3.63, 3.8) is 0 Å². The molecule has 21 heavy (non-hydrogen) atoms. The standard InChI is InChI=1S/C15H21N3O3/c1-10-2-4-11(5-3-10)9-17-13-7-6-12(15(16)19)8-14(13)18(20)21/h6-8,10-11,17H,2-5,9H2,1H3,(H2,16,19). The number of nitrogens with two attached hydrogens (primary N) is 1. The molecule has 0 radical (unpaired) electrons. The number of anilines is 1. The van der Waals surface area contributed by atoms with E-state index in [0.717, 1.165) is 25.3 Å². The first kappa shape index (κ1) is 15.3. The van der Waals surface area contributed by atoms with E-state index in [1.165, 1.54) is 25.0 Å². The predicted octanol–water partition coefficient (Wildman–Crippen LogP) is 2.93. The molecule has 2 rings (SSSR count). The van der Waals surface area contributed by atoms with Gasteiger partial charge in [0, 0.05) is 18.2 Å². The normalized spacial score (nSPS) is 21.8. The second-order valence-corrected chi connectivity index (χ2v) is 5.86. The fourth-order valence-electron chi connectivity index (χ4n) is 2.77. The van der Waals surface area contributed by atoms with Crippen LogP contribution in [0.3, 0.4) is 0 Å². The molecule has 0 spiro atoms. The minimum absolute atomic E-state index is 0.101. The maximum atomic E-state index is 11.1. The lowest BCUT2D eigenvalue weighted by atomic mass is 9.83. The van der Waals surface area contributed by atoms with Crippen LogP contribution in [0.4, 0.5) is 11.4 Å². The van der Waals surface area contributed by atoms with Crippen LogP contribution < -0.4 is 11.1 Å². The van der Waals surface area contributed by atoms with Crippen molar-refractivity contribution in [1.29, 1.82) is 0 Å². The van der Waals surface area contributed by atoms with Gasteiger partial charge in [-0.05, 0) is 36.8 Å². The SMILES string of the molecule is CC1CCC(CNc2ccc(C(N)=O)cc2[N+](=O)[O-])CC1. The van der Waals surface area contributed by atoms with Crippen LogP contribution in [0, 0.1) is 22.0 Å². The van der Waals surface area contributed by atoms with Gasteiger partial charge in [-0.25, -0.2) is 0 Å². The first-order chi connectivity index (χ1) is 9.97. The van der Waals surface area contributed by atoms with Gasteiger partial charge in [0.05, 0.1) is 4.92 Å². The lowest BCUT2D eigenvalue weighted by Crippen LogP contribution is -2.20. The Kier molecular flexibility index (Phi) is 4.77. The van der Waals surface area contributed by atoms with Crippen molar-refractivity contribution in [2.45, 2.75) is 32.6 Å². The fraction of sp³-hybridized carbons (Fsp3) is 0.533. The first-order valence-electron chi connectivity index (χ1n) is 7.29. The number of carbonyl (C=O) groups is 1. The van der Waals surface area contributed by atoms with E-state index in [2.05, 4.69) is 12.2 Å². The first-order valence-corrected chi connectivity index (χ1v) is 7.29. The maximum absolute atomic E-state index is 11.1. The second kappa shape index (κ2) is 6.56. The molecular formula is C15H21N3O3. The number of benzene rings is 1. The van der Waals surface area contributed by atoms with Gasteiger partial charge in [-0.15, -0.1) is 0 Å². The summed E-state index contributed by atoms with van der Waals surface area (Å²) in [6.07, 6.45) is 4.74. The highest BCUT2D eigenvalue weighted by molar-refractivity contribution is 5.94. The molecule has 1 amide bonds. The predicted molar refractivity (Wildman–Crippen MR) is 81.2 cm³/mol. The topological polar surface area (TPSA) is 98.3 Å². The Balaban J connectivity index is 2.05. The van der Waals surface area contributed by atoms with Crippen LogP contribution in [-0.4, -0.2) is 17.4 Å². The quantitative estimate of drug-likeness (QED) is 0.643. The summed E-state index contributed by atoms with van der Waals surface area (Å²) >= 11 is 0. The number of nitro groups is 1. The fourth-order valence-corrected chi connectivity index (χ4v) is 2.77. The van der Waals surface area contributed by atoms with Gasteiger partial charge in [-0.3, -0.25) is 14.9 Å². The zero-order valence-electron chi connectivity index (χ0n) is 12.2. The molecule has 114 valence electrons. The summed E-state index contributed by atoms with van der Waals surface area (Å²) in [6, 6.07) is 4.30. The molecule has 1 aliphatic carbocycles. The van der Waals surface area contributed by atoms with E-state index in [1.54, 1.807) is 6.07 Å². The van der Waals surface area contributed by atoms with E-state index in [0.29, 0.717) is 11.6 Å². The van der Waals surface area contributed by atoms with Gasteiger partial charge in [0.1, 0.15) is 5.69 Å². The minimum Gasteiger partial charge on any atom is -0.379 e. The highest BCUT2D eigenvalue weighted by Gasteiger charge is 2.20. The zero-order chi connectivity index (χ0) is 15.4. The summed E-state index contributed by atoms with van der Waals surface area (Å²) in [4.78, 5) is 21.7. The Bertz CT molecular complexity index is 537. The number of rotatable bonds is 5. The average Bonchev–Trinajstić information content (AvgIpc) is 2.46. The Hall–Kier alpha value is -2.11. The molecule has 6 nitrogen and oxygen atoms in total. The molecule has 1 aliphatic rings. The number of hydrogen-bond donors (Lipinski definition) is 2. The lowest BCUT2D eigenvalue weighted by Gasteiger charge is -2.26. The molecule has 0 atom stereocenters. The van der Waals surface area contributed by atoms with Crippen molar-refractivity contribution in [1.82, 2.24) is 0 Å². The molecule has 0 unspecified atom stereocenters. The molecular weight excluding hydrogens is 270 g/mol. The van der Waals surface area contributed by atoms with Gasteiger partial charge in [0.15, 0.2) is 0 Å². The Morgan fingerprint density at radius 1 is 1.38 bits per heavy atom. The third-order valence-corrected chi connectivity index (χ3v) is 4.20. The summed E-state index contributed by atoms with van der Waals surface area (Å²) in [5.41, 5.74) is 5.65. The minimum atomic E-state index is -0.661. The Labute approximate surface area is 123 Å². The highest BCUT2D eigenvalue weighted by Crippen LogP contribution is 2.30. The van der Waals surface area contributed by atoms with E-state index in [9.17, 15) is 14.9 Å². The number of nitro benzene ring substituents is 1. The largest absolute Gasteiger partial charge is 0.379 e. The van der Waals surface area contributed by atoms with Gasteiger partial charge in [0.25, 0.3) is 5.69 Å². The molecule has 0 aromatic heterocycles. The third-order valence-electron chi connectivity index (χ3n) is 4.20. The van der Waals surface area contributed by atoms with Crippen molar-refractivity contribution in [3.8, 4) is 0 Å². The van der Waals surface area contributed by atoms with Gasteiger partial charge < -0.3 is 11.1 Å². The molecule has 1 aromatic carbocycles. The van der Waals surface area contributed by atoms with Crippen LogP contribution in [0.5, 0.6) is 0 Å². The van der Waals surface area contributed by atoms with Crippen LogP contribution in [0.2, 0.25) is 0 Å². The summed E-state index contributed by atoms with van der Waals surface area (Å²) in [5, 5.41) is 14.3. The van der Waals surface area contributed by atoms with Crippen LogP contribution in [0.1, 0.15) is 43.0 Å². The summed E-state index contributed by atoms with van der Waals surface area (Å²) < 4.78 is 0. The van der Waals surface area contributed by atoms with Crippen molar-refractivity contribution >= 4 is 17.3 Å². The smallest absolute Gasteiger partial charge is 0.293 e. The van der Waals surface area contributed by atoms with E-state index >= 15 is 0 Å². The van der Waals surface area contributed by atoms with Crippen LogP contribution in [-0.2, 0) is 0 Å². The number of amides is 1. The molecule has 1 aromatic rings. The van der Waals surface area contributed by atoms with Crippen LogP contribution in [0.25, 0.3) is 0 Å². The van der Waals surface area contributed by atoms with E-state index in [1.807, 2.05) is 0 Å². The molecule has 1 saturated carbocycles. The number of nitrogens with one attached hydrogen (secondary N) is 1. The number of primary amides is 1. The van der Waals surface area contributed by atoms with E-state index < -0.39 is 10.8 Å².